The number of carbonyl (C=O) groups is 5. The Morgan fingerprint density at radius 1 is 0.889 bits per heavy atom. The van der Waals surface area contributed by atoms with E-state index >= 15 is 0 Å². The topological polar surface area (TPSA) is 234 Å². The van der Waals surface area contributed by atoms with Gasteiger partial charge in [0.25, 0.3) is 0 Å². The van der Waals surface area contributed by atoms with Crippen molar-refractivity contribution in [2.75, 3.05) is 6.61 Å². The first-order valence-electron chi connectivity index (χ1n) is 11.4. The highest BCUT2D eigenvalue weighted by molar-refractivity contribution is 5.94. The first kappa shape index (κ1) is 30.3. The Hall–Kier alpha value is -3.71. The van der Waals surface area contributed by atoms with Gasteiger partial charge in [-0.3, -0.25) is 19.2 Å². The molecule has 4 unspecified atom stereocenters. The number of carboxylic acids is 1. The molecule has 1 rings (SSSR count). The first-order valence-corrected chi connectivity index (χ1v) is 11.4. The van der Waals surface area contributed by atoms with Gasteiger partial charge in [-0.15, -0.1) is 0 Å². The van der Waals surface area contributed by atoms with Crippen LogP contribution >= 0.6 is 0 Å². The van der Waals surface area contributed by atoms with Crippen LogP contribution in [0.25, 0.3) is 0 Å². The van der Waals surface area contributed by atoms with Gasteiger partial charge in [0.2, 0.25) is 23.6 Å². The number of primary amides is 1. The summed E-state index contributed by atoms with van der Waals surface area (Å²) in [5, 5.41) is 35.6. The molecule has 0 fully saturated rings. The summed E-state index contributed by atoms with van der Waals surface area (Å²) in [4.78, 5) is 60.5. The Bertz CT molecular complexity index is 922. The SMILES string of the molecule is CC(C)CC(NC(=O)C(CO)NC(=O)C(Cc1ccc(O)cc1)NC(=O)C(N)CCC(N)=O)C(=O)O. The molecule has 1 aromatic rings. The van der Waals surface area contributed by atoms with Crippen molar-refractivity contribution in [1.82, 2.24) is 16.0 Å². The number of rotatable bonds is 15. The molecule has 200 valence electrons. The number of nitrogens with one attached hydrogen (secondary N) is 3. The Balaban J connectivity index is 3.01. The monoisotopic (exact) mass is 509 g/mol. The number of aliphatic hydroxyl groups is 1. The molecule has 0 saturated heterocycles. The lowest BCUT2D eigenvalue weighted by Crippen LogP contribution is -2.58. The summed E-state index contributed by atoms with van der Waals surface area (Å²) in [5.74, 6) is -4.47. The molecular weight excluding hydrogens is 474 g/mol. The van der Waals surface area contributed by atoms with Crippen LogP contribution in [0.4, 0.5) is 0 Å². The number of carbonyl (C=O) groups excluding carboxylic acids is 4. The number of amides is 4. The van der Waals surface area contributed by atoms with Gasteiger partial charge < -0.3 is 42.7 Å². The molecule has 0 bridgehead atoms. The maximum absolute atomic E-state index is 13.0. The Kier molecular flexibility index (Phi) is 12.3. The third kappa shape index (κ3) is 10.7. The largest absolute Gasteiger partial charge is 0.508 e. The number of benzene rings is 1. The molecule has 4 atom stereocenters. The lowest BCUT2D eigenvalue weighted by Gasteiger charge is -2.25. The van der Waals surface area contributed by atoms with E-state index < -0.39 is 60.4 Å². The van der Waals surface area contributed by atoms with Crippen molar-refractivity contribution in [2.45, 2.75) is 63.7 Å². The molecule has 0 aliphatic carbocycles. The van der Waals surface area contributed by atoms with Gasteiger partial charge in [0, 0.05) is 12.8 Å². The van der Waals surface area contributed by atoms with Crippen molar-refractivity contribution in [3.05, 3.63) is 29.8 Å². The summed E-state index contributed by atoms with van der Waals surface area (Å²) in [5.41, 5.74) is 11.4. The molecular formula is C23H35N5O8. The fourth-order valence-corrected chi connectivity index (χ4v) is 3.22. The lowest BCUT2D eigenvalue weighted by atomic mass is 10.0. The van der Waals surface area contributed by atoms with Crippen molar-refractivity contribution < 1.29 is 39.3 Å². The quantitative estimate of drug-likeness (QED) is 0.132. The average molecular weight is 510 g/mol. The molecule has 0 aromatic heterocycles. The van der Waals surface area contributed by atoms with Gasteiger partial charge in [0.1, 0.15) is 23.9 Å². The molecule has 4 amide bonds. The number of aliphatic hydroxyl groups excluding tert-OH is 1. The molecule has 0 aliphatic heterocycles. The van der Waals surface area contributed by atoms with Crippen LogP contribution in [0.3, 0.4) is 0 Å². The van der Waals surface area contributed by atoms with E-state index in [1.807, 2.05) is 0 Å². The summed E-state index contributed by atoms with van der Waals surface area (Å²) in [7, 11) is 0. The zero-order chi connectivity index (χ0) is 27.4. The number of phenols is 1. The number of hydrogen-bond acceptors (Lipinski definition) is 8. The molecule has 36 heavy (non-hydrogen) atoms. The van der Waals surface area contributed by atoms with E-state index in [1.54, 1.807) is 13.8 Å². The number of carboxylic acid groups (broad SMARTS) is 1. The lowest BCUT2D eigenvalue weighted by molar-refractivity contribution is -0.143. The summed E-state index contributed by atoms with van der Waals surface area (Å²) in [6, 6.07) is 0.702. The van der Waals surface area contributed by atoms with Gasteiger partial charge >= 0.3 is 5.97 Å². The number of nitrogens with two attached hydrogens (primary N) is 2. The number of aliphatic carboxylic acids is 1. The summed E-state index contributed by atoms with van der Waals surface area (Å²) in [6.07, 6.45) is -0.124. The Morgan fingerprint density at radius 2 is 1.42 bits per heavy atom. The molecule has 0 saturated carbocycles. The molecule has 13 heteroatoms. The van der Waals surface area contributed by atoms with Gasteiger partial charge in [0.05, 0.1) is 12.6 Å². The second kappa shape index (κ2) is 14.6. The molecule has 0 aliphatic rings. The van der Waals surface area contributed by atoms with Gasteiger partial charge in [0.15, 0.2) is 0 Å². The van der Waals surface area contributed by atoms with Gasteiger partial charge in [-0.1, -0.05) is 26.0 Å². The molecule has 10 N–H and O–H groups in total. The summed E-state index contributed by atoms with van der Waals surface area (Å²) < 4.78 is 0. The fourth-order valence-electron chi connectivity index (χ4n) is 3.22. The third-order valence-corrected chi connectivity index (χ3v) is 5.18. The minimum absolute atomic E-state index is 0.0105. The fraction of sp³-hybridized carbons (Fsp3) is 0.522. The number of phenolic OH excluding ortho intramolecular Hbond substituents is 1. The van der Waals surface area contributed by atoms with Gasteiger partial charge in [-0.2, -0.15) is 0 Å². The predicted octanol–water partition coefficient (Wildman–Crippen LogP) is -1.90. The van der Waals surface area contributed by atoms with E-state index in [4.69, 9.17) is 11.5 Å². The normalized spacial score (nSPS) is 14.2. The predicted molar refractivity (Wildman–Crippen MR) is 128 cm³/mol. The van der Waals surface area contributed by atoms with Crippen molar-refractivity contribution in [2.24, 2.45) is 17.4 Å². The van der Waals surface area contributed by atoms with Crippen LogP contribution < -0.4 is 27.4 Å². The van der Waals surface area contributed by atoms with E-state index in [9.17, 15) is 39.3 Å². The number of hydrogen-bond donors (Lipinski definition) is 8. The minimum Gasteiger partial charge on any atom is -0.508 e. The standard InChI is InChI=1S/C23H35N5O8/c1-12(2)9-17(23(35)36)27-22(34)18(11-29)28-21(33)16(10-13-3-5-14(30)6-4-13)26-20(32)15(24)7-8-19(25)31/h3-6,12,15-18,29-30H,7-11,24H2,1-2H3,(H2,25,31)(H,26,32)(H,27,34)(H,28,33)(H,35,36). The van der Waals surface area contributed by atoms with Crippen LogP contribution in [0.1, 0.15) is 38.7 Å². The first-order chi connectivity index (χ1) is 16.8. The second-order valence-corrected chi connectivity index (χ2v) is 8.82. The van der Waals surface area contributed by atoms with Crippen LogP contribution in [0.5, 0.6) is 5.75 Å². The van der Waals surface area contributed by atoms with E-state index in [2.05, 4.69) is 16.0 Å². The summed E-state index contributed by atoms with van der Waals surface area (Å²) >= 11 is 0. The molecule has 1 aromatic carbocycles. The van der Waals surface area contributed by atoms with E-state index in [1.165, 1.54) is 24.3 Å². The van der Waals surface area contributed by atoms with Crippen LogP contribution in [0.15, 0.2) is 24.3 Å². The molecule has 13 nitrogen and oxygen atoms in total. The third-order valence-electron chi connectivity index (χ3n) is 5.18. The molecule has 0 radical (unpaired) electrons. The van der Waals surface area contributed by atoms with Gasteiger partial charge in [-0.25, -0.2) is 4.79 Å². The van der Waals surface area contributed by atoms with Crippen LogP contribution in [-0.2, 0) is 30.4 Å². The van der Waals surface area contributed by atoms with Crippen LogP contribution in [-0.4, -0.2) is 75.7 Å². The number of aromatic hydroxyl groups is 1. The molecule has 0 spiro atoms. The van der Waals surface area contributed by atoms with Gasteiger partial charge in [-0.05, 0) is 36.5 Å². The van der Waals surface area contributed by atoms with E-state index in [0.717, 1.165) is 0 Å². The van der Waals surface area contributed by atoms with Crippen molar-refractivity contribution in [3.63, 3.8) is 0 Å². The van der Waals surface area contributed by atoms with Crippen LogP contribution in [0.2, 0.25) is 0 Å². The van der Waals surface area contributed by atoms with Crippen molar-refractivity contribution in [1.29, 1.82) is 0 Å². The average Bonchev–Trinajstić information content (AvgIpc) is 2.80. The van der Waals surface area contributed by atoms with E-state index in [0.29, 0.717) is 5.56 Å². The second-order valence-electron chi connectivity index (χ2n) is 8.82. The highest BCUT2D eigenvalue weighted by Crippen LogP contribution is 2.12. The van der Waals surface area contributed by atoms with Crippen LogP contribution in [0, 0.1) is 5.92 Å². The highest BCUT2D eigenvalue weighted by atomic mass is 16.4. The zero-order valence-electron chi connectivity index (χ0n) is 20.3. The van der Waals surface area contributed by atoms with Crippen molar-refractivity contribution in [3.8, 4) is 5.75 Å². The highest BCUT2D eigenvalue weighted by Gasteiger charge is 2.30. The summed E-state index contributed by atoms with van der Waals surface area (Å²) in [6.45, 7) is 2.72. The Morgan fingerprint density at radius 3 is 1.92 bits per heavy atom. The Labute approximate surface area is 208 Å². The van der Waals surface area contributed by atoms with Crippen molar-refractivity contribution >= 4 is 29.6 Å². The maximum Gasteiger partial charge on any atom is 0.326 e. The maximum atomic E-state index is 13.0. The zero-order valence-corrected chi connectivity index (χ0v) is 20.3. The molecule has 0 heterocycles. The van der Waals surface area contributed by atoms with E-state index in [-0.39, 0.29) is 37.4 Å². The smallest absolute Gasteiger partial charge is 0.326 e. The minimum atomic E-state index is -1.49.